The number of amides is 1. The van der Waals surface area contributed by atoms with Gasteiger partial charge < -0.3 is 9.64 Å². The summed E-state index contributed by atoms with van der Waals surface area (Å²) < 4.78 is 6.64. The Kier molecular flexibility index (Phi) is 5.88. The number of nitrogens with one attached hydrogen (secondary N) is 1. The number of hydrogen-bond donors (Lipinski definition) is 1. The number of aromatic amines is 1. The van der Waals surface area contributed by atoms with E-state index in [2.05, 4.69) is 10.1 Å². The van der Waals surface area contributed by atoms with Gasteiger partial charge in [-0.1, -0.05) is 30.3 Å². The molecule has 1 fully saturated rings. The van der Waals surface area contributed by atoms with Gasteiger partial charge in [-0.2, -0.15) is 0 Å². The van der Waals surface area contributed by atoms with Crippen LogP contribution in [0.15, 0.2) is 47.4 Å². The minimum atomic E-state index is -0.729. The van der Waals surface area contributed by atoms with Crippen molar-refractivity contribution < 1.29 is 14.3 Å². The van der Waals surface area contributed by atoms with Crippen LogP contribution in [0.1, 0.15) is 36.6 Å². The molecule has 8 nitrogen and oxygen atoms in total. The predicted octanol–water partition coefficient (Wildman–Crippen LogP) is 2.04. The molecule has 2 aromatic heterocycles. The predicted molar refractivity (Wildman–Crippen MR) is 115 cm³/mol. The average molecular weight is 422 g/mol. The van der Waals surface area contributed by atoms with Gasteiger partial charge in [-0.15, -0.1) is 0 Å². The first kappa shape index (κ1) is 20.8. The highest BCUT2D eigenvalue weighted by molar-refractivity contribution is 5.86. The summed E-state index contributed by atoms with van der Waals surface area (Å²) in [5.74, 6) is -0.678. The van der Waals surface area contributed by atoms with E-state index in [4.69, 9.17) is 4.74 Å². The summed E-state index contributed by atoms with van der Waals surface area (Å²) in [6.45, 7) is 3.72. The maximum Gasteiger partial charge on any atom is 0.329 e. The van der Waals surface area contributed by atoms with Gasteiger partial charge in [0.15, 0.2) is 5.65 Å². The van der Waals surface area contributed by atoms with Crippen molar-refractivity contribution in [2.75, 3.05) is 6.61 Å². The van der Waals surface area contributed by atoms with Crippen molar-refractivity contribution in [3.05, 3.63) is 69.8 Å². The number of rotatable bonds is 8. The lowest BCUT2D eigenvalue weighted by molar-refractivity contribution is -0.155. The minimum absolute atomic E-state index is 0.0177. The molecule has 1 N–H and O–H groups in total. The summed E-state index contributed by atoms with van der Waals surface area (Å²) in [5, 5.41) is 2.83. The molecular weight excluding hydrogens is 396 g/mol. The van der Waals surface area contributed by atoms with Crippen LogP contribution < -0.4 is 5.56 Å². The zero-order chi connectivity index (χ0) is 22.0. The topological polar surface area (TPSA) is 96.8 Å². The number of hydrogen-bond acceptors (Lipinski definition) is 5. The van der Waals surface area contributed by atoms with Crippen molar-refractivity contribution in [1.82, 2.24) is 19.5 Å². The van der Waals surface area contributed by atoms with E-state index in [1.165, 1.54) is 4.52 Å². The molecule has 1 aliphatic carbocycles. The van der Waals surface area contributed by atoms with E-state index in [1.807, 2.05) is 30.3 Å². The molecule has 0 radical (unpaired) electrons. The van der Waals surface area contributed by atoms with Crippen LogP contribution in [0.25, 0.3) is 5.65 Å². The van der Waals surface area contributed by atoms with Crippen LogP contribution in [-0.4, -0.2) is 50.1 Å². The van der Waals surface area contributed by atoms with Crippen molar-refractivity contribution in [2.45, 2.75) is 51.6 Å². The lowest BCUT2D eigenvalue weighted by Gasteiger charge is -2.30. The molecule has 1 atom stereocenters. The summed E-state index contributed by atoms with van der Waals surface area (Å²) in [5.41, 5.74) is 2.01. The van der Waals surface area contributed by atoms with Gasteiger partial charge in [0.2, 0.25) is 5.91 Å². The first-order chi connectivity index (χ1) is 15.0. The van der Waals surface area contributed by atoms with Crippen LogP contribution in [0, 0.1) is 6.92 Å². The molecule has 31 heavy (non-hydrogen) atoms. The van der Waals surface area contributed by atoms with Crippen LogP contribution in [0.4, 0.5) is 0 Å². The molecule has 1 saturated carbocycles. The fourth-order valence-electron chi connectivity index (χ4n) is 3.91. The summed E-state index contributed by atoms with van der Waals surface area (Å²) >= 11 is 0. The van der Waals surface area contributed by atoms with E-state index in [9.17, 15) is 14.4 Å². The molecule has 162 valence electrons. The third-order valence-corrected chi connectivity index (χ3v) is 5.57. The Hall–Kier alpha value is -3.42. The van der Waals surface area contributed by atoms with Crippen molar-refractivity contribution >= 4 is 17.5 Å². The number of aromatic nitrogens is 3. The van der Waals surface area contributed by atoms with Crippen LogP contribution >= 0.6 is 0 Å². The molecule has 0 bridgehead atoms. The largest absolute Gasteiger partial charge is 0.464 e. The summed E-state index contributed by atoms with van der Waals surface area (Å²) in [6, 6.07) is 10.5. The van der Waals surface area contributed by atoms with Gasteiger partial charge in [0.25, 0.3) is 5.56 Å². The second kappa shape index (κ2) is 8.75. The molecule has 1 unspecified atom stereocenters. The zero-order valence-electron chi connectivity index (χ0n) is 17.7. The highest BCUT2D eigenvalue weighted by Gasteiger charge is 2.41. The molecule has 1 amide bonds. The number of benzene rings is 1. The smallest absolute Gasteiger partial charge is 0.329 e. The Labute approximate surface area is 179 Å². The SMILES string of the molecule is CCOC(=O)C(Cc1ccccc1)N(C(=O)Cc1c(C)nc2cc[nH]n2c1=O)C1CC1. The molecule has 1 aromatic carbocycles. The molecule has 0 aliphatic heterocycles. The molecule has 4 rings (SSSR count). The number of carbonyl (C=O) groups excluding carboxylic acids is 2. The molecular formula is C23H26N4O4. The first-order valence-corrected chi connectivity index (χ1v) is 10.6. The van der Waals surface area contributed by atoms with Gasteiger partial charge in [-0.3, -0.25) is 14.7 Å². The van der Waals surface area contributed by atoms with E-state index < -0.39 is 12.0 Å². The van der Waals surface area contributed by atoms with Crippen molar-refractivity contribution in [3.63, 3.8) is 0 Å². The molecule has 0 spiro atoms. The first-order valence-electron chi connectivity index (χ1n) is 10.6. The monoisotopic (exact) mass is 422 g/mol. The number of aryl methyl sites for hydroxylation is 1. The Balaban J connectivity index is 1.65. The third kappa shape index (κ3) is 4.38. The number of esters is 1. The average Bonchev–Trinajstić information content (AvgIpc) is 3.48. The highest BCUT2D eigenvalue weighted by atomic mass is 16.5. The maximum atomic E-state index is 13.4. The van der Waals surface area contributed by atoms with E-state index in [-0.39, 0.29) is 30.5 Å². The highest BCUT2D eigenvalue weighted by Crippen LogP contribution is 2.31. The van der Waals surface area contributed by atoms with Gasteiger partial charge >= 0.3 is 5.97 Å². The third-order valence-electron chi connectivity index (χ3n) is 5.57. The number of H-pyrrole nitrogens is 1. The van der Waals surface area contributed by atoms with Crippen molar-refractivity contribution in [2.24, 2.45) is 0 Å². The molecule has 0 saturated heterocycles. The Morgan fingerprint density at radius 2 is 2.00 bits per heavy atom. The van der Waals surface area contributed by atoms with E-state index in [0.29, 0.717) is 23.3 Å². The van der Waals surface area contributed by atoms with E-state index in [0.717, 1.165) is 18.4 Å². The second-order valence-corrected chi connectivity index (χ2v) is 7.80. The number of nitrogens with zero attached hydrogens (tertiary/aromatic N) is 3. The van der Waals surface area contributed by atoms with Crippen LogP contribution in [-0.2, 0) is 27.2 Å². The molecule has 1 aliphatic rings. The second-order valence-electron chi connectivity index (χ2n) is 7.80. The number of ether oxygens (including phenoxy) is 1. The number of fused-ring (bicyclic) bond motifs is 1. The summed E-state index contributed by atoms with van der Waals surface area (Å²) in [6.07, 6.45) is 3.56. The minimum Gasteiger partial charge on any atom is -0.464 e. The van der Waals surface area contributed by atoms with Crippen LogP contribution in [0.3, 0.4) is 0 Å². The molecule has 3 aromatic rings. The Bertz CT molecular complexity index is 1150. The fourth-order valence-corrected chi connectivity index (χ4v) is 3.91. The quantitative estimate of drug-likeness (QED) is 0.561. The normalized spacial score (nSPS) is 14.4. The lowest BCUT2D eigenvalue weighted by atomic mass is 10.0. The van der Waals surface area contributed by atoms with Gasteiger partial charge in [-0.05, 0) is 32.3 Å². The van der Waals surface area contributed by atoms with Gasteiger partial charge in [0.1, 0.15) is 6.04 Å². The van der Waals surface area contributed by atoms with E-state index in [1.54, 1.807) is 31.0 Å². The van der Waals surface area contributed by atoms with Crippen LogP contribution in [0.2, 0.25) is 0 Å². The standard InChI is InChI=1S/C23H26N4O4/c1-3-31-23(30)19(13-16-7-5-4-6-8-16)26(17-9-10-17)21(28)14-18-15(2)25-20-11-12-24-27(20)22(18)29/h4-8,11-12,17,19,24H,3,9-10,13-14H2,1-2H3. The Morgan fingerprint density at radius 1 is 1.26 bits per heavy atom. The molecule has 8 heteroatoms. The Morgan fingerprint density at radius 3 is 2.68 bits per heavy atom. The molecule has 2 heterocycles. The summed E-state index contributed by atoms with van der Waals surface area (Å²) in [4.78, 5) is 45.2. The van der Waals surface area contributed by atoms with Crippen LogP contribution in [0.5, 0.6) is 0 Å². The summed E-state index contributed by atoms with van der Waals surface area (Å²) in [7, 11) is 0. The zero-order valence-corrected chi connectivity index (χ0v) is 17.7. The maximum absolute atomic E-state index is 13.4. The van der Waals surface area contributed by atoms with Gasteiger partial charge in [0, 0.05) is 36.0 Å². The lowest BCUT2D eigenvalue weighted by Crippen LogP contribution is -2.49. The number of carbonyl (C=O) groups is 2. The van der Waals surface area contributed by atoms with Gasteiger partial charge in [0.05, 0.1) is 13.0 Å². The van der Waals surface area contributed by atoms with Crippen molar-refractivity contribution in [1.29, 1.82) is 0 Å². The van der Waals surface area contributed by atoms with Crippen molar-refractivity contribution in [3.8, 4) is 0 Å². The fraction of sp³-hybridized carbons (Fsp3) is 0.391. The van der Waals surface area contributed by atoms with Gasteiger partial charge in [-0.25, -0.2) is 14.3 Å². The van der Waals surface area contributed by atoms with E-state index >= 15 is 0 Å².